The number of halogens is 1. The summed E-state index contributed by atoms with van der Waals surface area (Å²) in [5.74, 6) is 0.564. The van der Waals surface area contributed by atoms with Crippen LogP contribution in [-0.4, -0.2) is 6.54 Å². The van der Waals surface area contributed by atoms with E-state index in [0.29, 0.717) is 5.56 Å². The second kappa shape index (κ2) is 7.06. The van der Waals surface area contributed by atoms with Crippen molar-refractivity contribution in [1.82, 2.24) is 5.32 Å². The molecule has 0 aliphatic carbocycles. The highest BCUT2D eigenvalue weighted by molar-refractivity contribution is 5.36. The molecule has 1 unspecified atom stereocenters. The lowest BCUT2D eigenvalue weighted by molar-refractivity contribution is 0.294. The average Bonchev–Trinajstić information content (AvgIpc) is 2.47. The molecule has 3 heteroatoms. The Morgan fingerprint density at radius 2 is 1.80 bits per heavy atom. The van der Waals surface area contributed by atoms with Crippen molar-refractivity contribution in [3.8, 4) is 5.75 Å². The van der Waals surface area contributed by atoms with Gasteiger partial charge in [-0.25, -0.2) is 4.39 Å². The van der Waals surface area contributed by atoms with Crippen LogP contribution in [0.1, 0.15) is 31.0 Å². The Labute approximate surface area is 119 Å². The van der Waals surface area contributed by atoms with Crippen LogP contribution in [0.5, 0.6) is 5.75 Å². The number of nitrogens with one attached hydrogen (secondary N) is 1. The summed E-state index contributed by atoms with van der Waals surface area (Å²) in [5.41, 5.74) is 1.66. The predicted molar refractivity (Wildman–Crippen MR) is 79.3 cm³/mol. The van der Waals surface area contributed by atoms with Gasteiger partial charge in [0.05, 0.1) is 0 Å². The zero-order valence-electron chi connectivity index (χ0n) is 11.9. The molecule has 0 heterocycles. The lowest BCUT2D eigenvalue weighted by Gasteiger charge is -2.17. The van der Waals surface area contributed by atoms with E-state index >= 15 is 0 Å². The zero-order valence-corrected chi connectivity index (χ0v) is 11.9. The average molecular weight is 273 g/mol. The quantitative estimate of drug-likeness (QED) is 0.856. The van der Waals surface area contributed by atoms with Crippen LogP contribution in [0.2, 0.25) is 0 Å². The van der Waals surface area contributed by atoms with Crippen molar-refractivity contribution < 1.29 is 9.13 Å². The Kier molecular flexibility index (Phi) is 5.13. The molecule has 0 radical (unpaired) electrons. The van der Waals surface area contributed by atoms with Crippen LogP contribution in [-0.2, 0) is 6.61 Å². The van der Waals surface area contributed by atoms with Crippen LogP contribution in [0.4, 0.5) is 4.39 Å². The van der Waals surface area contributed by atoms with Gasteiger partial charge in [-0.3, -0.25) is 0 Å². The first-order chi connectivity index (χ1) is 9.72. The Morgan fingerprint density at radius 3 is 2.55 bits per heavy atom. The van der Waals surface area contributed by atoms with E-state index in [1.165, 1.54) is 6.07 Å². The molecule has 0 saturated carbocycles. The second-order valence-corrected chi connectivity index (χ2v) is 4.70. The van der Waals surface area contributed by atoms with E-state index in [1.54, 1.807) is 12.1 Å². The summed E-state index contributed by atoms with van der Waals surface area (Å²) in [6, 6.07) is 14.8. The van der Waals surface area contributed by atoms with E-state index in [0.717, 1.165) is 17.9 Å². The third-order valence-corrected chi connectivity index (χ3v) is 3.24. The predicted octanol–water partition coefficient (Wildman–Crippen LogP) is 4.08. The highest BCUT2D eigenvalue weighted by Crippen LogP contribution is 2.25. The standard InChI is InChI=1S/C17H20FNO/c1-3-19-13(2)15-9-5-7-11-17(15)20-12-14-8-4-6-10-16(14)18/h4-11,13,19H,3,12H2,1-2H3. The van der Waals surface area contributed by atoms with Crippen molar-refractivity contribution in [2.24, 2.45) is 0 Å². The van der Waals surface area contributed by atoms with Gasteiger partial charge in [-0.2, -0.15) is 0 Å². The molecule has 1 N–H and O–H groups in total. The molecule has 106 valence electrons. The van der Waals surface area contributed by atoms with Crippen molar-refractivity contribution in [3.05, 3.63) is 65.5 Å². The maximum absolute atomic E-state index is 13.6. The number of hydrogen-bond acceptors (Lipinski definition) is 2. The number of ether oxygens (including phenoxy) is 1. The lowest BCUT2D eigenvalue weighted by atomic mass is 10.1. The van der Waals surface area contributed by atoms with Gasteiger partial charge in [0.25, 0.3) is 0 Å². The first kappa shape index (κ1) is 14.5. The van der Waals surface area contributed by atoms with Gasteiger partial charge in [-0.15, -0.1) is 0 Å². The molecule has 1 atom stereocenters. The fraction of sp³-hybridized carbons (Fsp3) is 0.294. The zero-order chi connectivity index (χ0) is 14.4. The normalized spacial score (nSPS) is 12.2. The monoisotopic (exact) mass is 273 g/mol. The van der Waals surface area contributed by atoms with E-state index in [1.807, 2.05) is 30.3 Å². The van der Waals surface area contributed by atoms with Crippen molar-refractivity contribution in [2.45, 2.75) is 26.5 Å². The SMILES string of the molecule is CCNC(C)c1ccccc1OCc1ccccc1F. The minimum absolute atomic E-state index is 0.205. The first-order valence-electron chi connectivity index (χ1n) is 6.91. The van der Waals surface area contributed by atoms with Crippen molar-refractivity contribution in [3.63, 3.8) is 0 Å². The van der Waals surface area contributed by atoms with Gasteiger partial charge in [-0.05, 0) is 25.6 Å². The number of para-hydroxylation sites is 1. The van der Waals surface area contributed by atoms with Crippen LogP contribution in [0.15, 0.2) is 48.5 Å². The van der Waals surface area contributed by atoms with Crippen molar-refractivity contribution in [1.29, 1.82) is 0 Å². The van der Waals surface area contributed by atoms with Crippen molar-refractivity contribution >= 4 is 0 Å². The van der Waals surface area contributed by atoms with E-state index in [2.05, 4.69) is 19.2 Å². The summed E-state index contributed by atoms with van der Waals surface area (Å²) in [7, 11) is 0. The fourth-order valence-electron chi connectivity index (χ4n) is 2.16. The Balaban J connectivity index is 2.12. The maximum Gasteiger partial charge on any atom is 0.129 e. The molecule has 20 heavy (non-hydrogen) atoms. The number of rotatable bonds is 6. The third-order valence-electron chi connectivity index (χ3n) is 3.24. The Morgan fingerprint density at radius 1 is 1.10 bits per heavy atom. The molecule has 0 spiro atoms. The van der Waals surface area contributed by atoms with Crippen molar-refractivity contribution in [2.75, 3.05) is 6.54 Å². The summed E-state index contributed by atoms with van der Waals surface area (Å²) in [6.07, 6.45) is 0. The number of benzene rings is 2. The molecule has 0 saturated heterocycles. The topological polar surface area (TPSA) is 21.3 Å². The Bertz CT molecular complexity index is 556. The van der Waals surface area contributed by atoms with Gasteiger partial charge in [0.15, 0.2) is 0 Å². The van der Waals surface area contributed by atoms with Gasteiger partial charge in [0.1, 0.15) is 18.2 Å². The minimum atomic E-state index is -0.232. The summed E-state index contributed by atoms with van der Waals surface area (Å²) in [6.45, 7) is 5.29. The molecular weight excluding hydrogens is 253 g/mol. The Hall–Kier alpha value is -1.87. The first-order valence-corrected chi connectivity index (χ1v) is 6.91. The molecule has 0 bridgehead atoms. The van der Waals surface area contributed by atoms with Gasteiger partial charge in [-0.1, -0.05) is 43.3 Å². The molecule has 0 fully saturated rings. The summed E-state index contributed by atoms with van der Waals surface area (Å²) in [4.78, 5) is 0. The van der Waals surface area contributed by atoms with Crippen LogP contribution in [0.3, 0.4) is 0 Å². The van der Waals surface area contributed by atoms with E-state index < -0.39 is 0 Å². The van der Waals surface area contributed by atoms with Crippen LogP contribution >= 0.6 is 0 Å². The minimum Gasteiger partial charge on any atom is -0.488 e. The van der Waals surface area contributed by atoms with Gasteiger partial charge >= 0.3 is 0 Å². The fourth-order valence-corrected chi connectivity index (χ4v) is 2.16. The molecule has 2 aromatic rings. The maximum atomic E-state index is 13.6. The van der Waals surface area contributed by atoms with E-state index in [9.17, 15) is 4.39 Å². The lowest BCUT2D eigenvalue weighted by Crippen LogP contribution is -2.18. The molecule has 0 aliphatic rings. The van der Waals surface area contributed by atoms with Crippen LogP contribution in [0.25, 0.3) is 0 Å². The highest BCUT2D eigenvalue weighted by atomic mass is 19.1. The number of hydrogen-bond donors (Lipinski definition) is 1. The largest absolute Gasteiger partial charge is 0.488 e. The van der Waals surface area contributed by atoms with Crippen LogP contribution < -0.4 is 10.1 Å². The van der Waals surface area contributed by atoms with E-state index in [4.69, 9.17) is 4.74 Å². The molecule has 2 nitrogen and oxygen atoms in total. The highest BCUT2D eigenvalue weighted by Gasteiger charge is 2.10. The molecule has 0 aromatic heterocycles. The second-order valence-electron chi connectivity index (χ2n) is 4.70. The molecule has 2 rings (SSSR count). The summed E-state index contributed by atoms with van der Waals surface area (Å²) in [5, 5.41) is 3.36. The summed E-state index contributed by atoms with van der Waals surface area (Å²) < 4.78 is 19.4. The third kappa shape index (κ3) is 3.58. The van der Waals surface area contributed by atoms with Gasteiger partial charge in [0.2, 0.25) is 0 Å². The van der Waals surface area contributed by atoms with E-state index in [-0.39, 0.29) is 18.5 Å². The molecule has 2 aromatic carbocycles. The van der Waals surface area contributed by atoms with Crippen LogP contribution in [0, 0.1) is 5.82 Å². The molecule has 0 aliphatic heterocycles. The van der Waals surface area contributed by atoms with Gasteiger partial charge < -0.3 is 10.1 Å². The molecular formula is C17H20FNO. The molecule has 0 amide bonds. The smallest absolute Gasteiger partial charge is 0.129 e. The summed E-state index contributed by atoms with van der Waals surface area (Å²) >= 11 is 0. The van der Waals surface area contributed by atoms with Gasteiger partial charge in [0, 0.05) is 17.2 Å².